The molecule has 2 aromatic carbocycles. The molecule has 4 rings (SSSR count). The van der Waals surface area contributed by atoms with Gasteiger partial charge in [0.25, 0.3) is 5.88 Å². The summed E-state index contributed by atoms with van der Waals surface area (Å²) in [5.41, 5.74) is 2.66. The van der Waals surface area contributed by atoms with E-state index in [1.54, 1.807) is 0 Å². The van der Waals surface area contributed by atoms with Crippen molar-refractivity contribution in [3.8, 4) is 5.88 Å². The first-order valence-corrected chi connectivity index (χ1v) is 8.43. The fraction of sp³-hybridized carbons (Fsp3) is 0.250. The van der Waals surface area contributed by atoms with E-state index < -0.39 is 0 Å². The van der Waals surface area contributed by atoms with Crippen molar-refractivity contribution in [2.75, 3.05) is 23.3 Å². The van der Waals surface area contributed by atoms with Crippen LogP contribution in [0.25, 0.3) is 10.9 Å². The van der Waals surface area contributed by atoms with Crippen LogP contribution in [0.4, 0.5) is 11.4 Å². The second-order valence-corrected chi connectivity index (χ2v) is 6.28. The van der Waals surface area contributed by atoms with Gasteiger partial charge in [-0.25, -0.2) is 4.98 Å². The van der Waals surface area contributed by atoms with Gasteiger partial charge >= 0.3 is 0 Å². The molecule has 1 N–H and O–H groups in total. The van der Waals surface area contributed by atoms with E-state index >= 15 is 0 Å². The van der Waals surface area contributed by atoms with Crippen molar-refractivity contribution < 1.29 is 5.11 Å². The molecule has 1 aromatic heterocycles. The van der Waals surface area contributed by atoms with Crippen LogP contribution in [-0.2, 0) is 5.11 Å². The molecular formula is C20H20N3O. The standard InChI is InChI=1S/C20H20N3O/c24-20-19(14-15-6-4-5-9-18(15)22-20)23-12-10-17(11-13-23)21-16-7-2-1-3-8-16/h1-9,14,17,21H,10-13H2. The Morgan fingerprint density at radius 3 is 2.46 bits per heavy atom. The predicted molar refractivity (Wildman–Crippen MR) is 97.2 cm³/mol. The number of piperidine rings is 1. The van der Waals surface area contributed by atoms with Crippen LogP contribution in [0.15, 0.2) is 60.7 Å². The van der Waals surface area contributed by atoms with E-state index in [-0.39, 0.29) is 5.88 Å². The van der Waals surface area contributed by atoms with Gasteiger partial charge in [-0.15, -0.1) is 0 Å². The van der Waals surface area contributed by atoms with Crippen LogP contribution in [0.5, 0.6) is 5.88 Å². The molecule has 2 heterocycles. The number of rotatable bonds is 3. The molecule has 1 radical (unpaired) electrons. The van der Waals surface area contributed by atoms with Crippen molar-refractivity contribution in [3.63, 3.8) is 0 Å². The Balaban J connectivity index is 1.47. The second kappa shape index (κ2) is 6.40. The third kappa shape index (κ3) is 3.00. The maximum atomic E-state index is 12.3. The first-order chi connectivity index (χ1) is 11.8. The number of anilines is 2. The van der Waals surface area contributed by atoms with Crippen LogP contribution < -0.4 is 10.2 Å². The minimum atomic E-state index is -0.122. The van der Waals surface area contributed by atoms with Crippen LogP contribution in [0.2, 0.25) is 0 Å². The van der Waals surface area contributed by atoms with E-state index in [0.717, 1.165) is 48.2 Å². The van der Waals surface area contributed by atoms with Gasteiger partial charge in [-0.3, -0.25) is 5.11 Å². The highest BCUT2D eigenvalue weighted by Crippen LogP contribution is 2.32. The second-order valence-electron chi connectivity index (χ2n) is 6.28. The van der Waals surface area contributed by atoms with Crippen molar-refractivity contribution in [1.82, 2.24) is 4.98 Å². The van der Waals surface area contributed by atoms with Crippen LogP contribution in [0, 0.1) is 0 Å². The fourth-order valence-corrected chi connectivity index (χ4v) is 3.35. The minimum absolute atomic E-state index is 0.122. The number of nitrogens with one attached hydrogen (secondary N) is 1. The Morgan fingerprint density at radius 2 is 1.67 bits per heavy atom. The molecule has 1 saturated heterocycles. The molecule has 0 spiro atoms. The lowest BCUT2D eigenvalue weighted by Crippen LogP contribution is -2.39. The number of hydrogen-bond donors (Lipinski definition) is 1. The summed E-state index contributed by atoms with van der Waals surface area (Å²) in [6.07, 6.45) is 2.03. The lowest BCUT2D eigenvalue weighted by molar-refractivity contribution is 0.338. The number of benzene rings is 2. The average Bonchev–Trinajstić information content (AvgIpc) is 2.63. The first-order valence-electron chi connectivity index (χ1n) is 8.43. The van der Waals surface area contributed by atoms with Gasteiger partial charge in [0.15, 0.2) is 0 Å². The molecule has 121 valence electrons. The summed E-state index contributed by atoms with van der Waals surface area (Å²) in [7, 11) is 0. The maximum absolute atomic E-state index is 12.3. The fourth-order valence-electron chi connectivity index (χ4n) is 3.35. The zero-order chi connectivity index (χ0) is 16.4. The summed E-state index contributed by atoms with van der Waals surface area (Å²) < 4.78 is 0. The molecule has 0 aliphatic carbocycles. The summed E-state index contributed by atoms with van der Waals surface area (Å²) in [6, 6.07) is 20.5. The highest BCUT2D eigenvalue weighted by atomic mass is 16.3. The number of nitrogens with zero attached hydrogens (tertiary/aromatic N) is 2. The normalized spacial score (nSPS) is 15.6. The van der Waals surface area contributed by atoms with Gasteiger partial charge in [0.2, 0.25) is 0 Å². The van der Waals surface area contributed by atoms with Crippen molar-refractivity contribution in [2.24, 2.45) is 0 Å². The largest absolute Gasteiger partial charge is 0.382 e. The number of aromatic nitrogens is 1. The monoisotopic (exact) mass is 318 g/mol. The molecule has 4 heteroatoms. The zero-order valence-electron chi connectivity index (χ0n) is 13.5. The average molecular weight is 318 g/mol. The number of para-hydroxylation sites is 2. The maximum Gasteiger partial charge on any atom is 0.293 e. The Labute approximate surface area is 141 Å². The highest BCUT2D eigenvalue weighted by Gasteiger charge is 2.22. The molecule has 4 nitrogen and oxygen atoms in total. The summed E-state index contributed by atoms with van der Waals surface area (Å²) in [4.78, 5) is 6.40. The van der Waals surface area contributed by atoms with Crippen LogP contribution in [-0.4, -0.2) is 24.1 Å². The van der Waals surface area contributed by atoms with Gasteiger partial charge < -0.3 is 10.2 Å². The smallest absolute Gasteiger partial charge is 0.293 e. The summed E-state index contributed by atoms with van der Waals surface area (Å²) >= 11 is 0. The van der Waals surface area contributed by atoms with E-state index in [0.29, 0.717) is 6.04 Å². The SMILES string of the molecule is [O]c1nc2ccccc2cc1N1CCC(Nc2ccccc2)CC1. The van der Waals surface area contributed by atoms with E-state index in [1.165, 1.54) is 0 Å². The molecular weight excluding hydrogens is 298 g/mol. The van der Waals surface area contributed by atoms with Gasteiger partial charge in [-0.2, -0.15) is 0 Å². The van der Waals surface area contributed by atoms with Crippen molar-refractivity contribution in [1.29, 1.82) is 0 Å². The van der Waals surface area contributed by atoms with E-state index in [4.69, 9.17) is 0 Å². The van der Waals surface area contributed by atoms with Gasteiger partial charge in [0.05, 0.1) is 5.52 Å². The van der Waals surface area contributed by atoms with Gasteiger partial charge in [-0.1, -0.05) is 36.4 Å². The summed E-state index contributed by atoms with van der Waals surface area (Å²) in [5, 5.41) is 16.9. The molecule has 0 saturated carbocycles. The number of pyridine rings is 1. The predicted octanol–water partition coefficient (Wildman–Crippen LogP) is 4.46. The Kier molecular flexibility index (Phi) is 3.95. The first kappa shape index (κ1) is 14.8. The highest BCUT2D eigenvalue weighted by molar-refractivity contribution is 5.83. The van der Waals surface area contributed by atoms with Gasteiger partial charge in [0.1, 0.15) is 5.69 Å². The summed E-state index contributed by atoms with van der Waals surface area (Å²) in [6.45, 7) is 1.75. The lowest BCUT2D eigenvalue weighted by atomic mass is 10.0. The van der Waals surface area contributed by atoms with E-state index in [1.807, 2.05) is 48.5 Å². The Morgan fingerprint density at radius 1 is 0.958 bits per heavy atom. The topological polar surface area (TPSA) is 48.1 Å². The van der Waals surface area contributed by atoms with Crippen LogP contribution >= 0.6 is 0 Å². The molecule has 0 unspecified atom stereocenters. The molecule has 1 aliphatic heterocycles. The Hall–Kier alpha value is -2.75. The quantitative estimate of drug-likeness (QED) is 0.775. The molecule has 1 fully saturated rings. The van der Waals surface area contributed by atoms with Gasteiger partial charge in [-0.05, 0) is 37.1 Å². The Bertz CT molecular complexity index is 827. The molecule has 24 heavy (non-hydrogen) atoms. The van der Waals surface area contributed by atoms with Crippen molar-refractivity contribution in [2.45, 2.75) is 18.9 Å². The molecule has 1 aliphatic rings. The lowest BCUT2D eigenvalue weighted by Gasteiger charge is -2.34. The third-order valence-corrected chi connectivity index (χ3v) is 4.65. The molecule has 3 aromatic rings. The van der Waals surface area contributed by atoms with E-state index in [2.05, 4.69) is 27.3 Å². The molecule has 0 atom stereocenters. The number of fused-ring (bicyclic) bond motifs is 1. The van der Waals surface area contributed by atoms with Crippen molar-refractivity contribution in [3.05, 3.63) is 60.7 Å². The molecule has 0 amide bonds. The zero-order valence-corrected chi connectivity index (χ0v) is 13.5. The van der Waals surface area contributed by atoms with Gasteiger partial charge in [0, 0.05) is 30.2 Å². The van der Waals surface area contributed by atoms with Crippen LogP contribution in [0.3, 0.4) is 0 Å². The third-order valence-electron chi connectivity index (χ3n) is 4.65. The van der Waals surface area contributed by atoms with Crippen LogP contribution in [0.1, 0.15) is 12.8 Å². The minimum Gasteiger partial charge on any atom is -0.382 e. The number of hydrogen-bond acceptors (Lipinski definition) is 3. The molecule has 0 bridgehead atoms. The van der Waals surface area contributed by atoms with E-state index in [9.17, 15) is 5.11 Å². The van der Waals surface area contributed by atoms with Crippen molar-refractivity contribution >= 4 is 22.3 Å². The summed E-state index contributed by atoms with van der Waals surface area (Å²) in [5.74, 6) is -0.122.